The van der Waals surface area contributed by atoms with Crippen LogP contribution in [0.3, 0.4) is 0 Å². The second-order valence-electron chi connectivity index (χ2n) is 4.09. The van der Waals surface area contributed by atoms with Crippen LogP contribution in [0.25, 0.3) is 0 Å². The third-order valence-electron chi connectivity index (χ3n) is 2.82. The van der Waals surface area contributed by atoms with Crippen LogP contribution < -0.4 is 5.32 Å². The second-order valence-corrected chi connectivity index (χ2v) is 4.09. The van der Waals surface area contributed by atoms with Gasteiger partial charge in [0.05, 0.1) is 12.2 Å². The summed E-state index contributed by atoms with van der Waals surface area (Å²) in [5.41, 5.74) is 0.898. The Morgan fingerprint density at radius 1 is 1.50 bits per heavy atom. The van der Waals surface area contributed by atoms with Gasteiger partial charge in [-0.3, -0.25) is 4.98 Å². The number of ether oxygens (including phenoxy) is 1. The van der Waals surface area contributed by atoms with Crippen molar-refractivity contribution in [1.82, 2.24) is 10.3 Å². The summed E-state index contributed by atoms with van der Waals surface area (Å²) in [7, 11) is 0. The first-order valence-corrected chi connectivity index (χ1v) is 5.76. The van der Waals surface area contributed by atoms with Gasteiger partial charge in [0, 0.05) is 32.1 Å². The lowest BCUT2D eigenvalue weighted by Crippen LogP contribution is -2.29. The first-order valence-electron chi connectivity index (χ1n) is 5.76. The van der Waals surface area contributed by atoms with Gasteiger partial charge in [0.25, 0.3) is 0 Å². The Labute approximate surface area is 95.7 Å². The highest BCUT2D eigenvalue weighted by Crippen LogP contribution is 2.12. The Morgan fingerprint density at radius 2 is 2.31 bits per heavy atom. The lowest BCUT2D eigenvalue weighted by Gasteiger charge is -2.14. The normalized spacial score (nSPS) is 22.2. The maximum absolute atomic E-state index is 9.86. The molecule has 2 rings (SSSR count). The molecule has 0 radical (unpaired) electrons. The maximum atomic E-state index is 9.86. The van der Waals surface area contributed by atoms with Crippen LogP contribution in [0.5, 0.6) is 0 Å². The zero-order chi connectivity index (χ0) is 11.2. The number of aromatic nitrogens is 1. The third-order valence-corrected chi connectivity index (χ3v) is 2.82. The maximum Gasteiger partial charge on any atom is 0.0915 e. The fourth-order valence-corrected chi connectivity index (χ4v) is 1.89. The summed E-state index contributed by atoms with van der Waals surface area (Å²) in [6, 6.07) is 3.66. The van der Waals surface area contributed by atoms with Gasteiger partial charge in [-0.05, 0) is 30.5 Å². The number of nitrogens with one attached hydrogen (secondary N) is 1. The molecule has 88 valence electrons. The van der Waals surface area contributed by atoms with E-state index < -0.39 is 6.10 Å². The molecule has 0 bridgehead atoms. The minimum absolute atomic E-state index is 0.324. The average molecular weight is 222 g/mol. The molecule has 1 saturated heterocycles. The van der Waals surface area contributed by atoms with Crippen LogP contribution in [0.4, 0.5) is 0 Å². The van der Waals surface area contributed by atoms with Gasteiger partial charge in [-0.2, -0.15) is 0 Å². The Morgan fingerprint density at radius 3 is 3.00 bits per heavy atom. The van der Waals surface area contributed by atoms with Crippen LogP contribution >= 0.6 is 0 Å². The number of aliphatic hydroxyl groups is 1. The van der Waals surface area contributed by atoms with Crippen molar-refractivity contribution in [3.8, 4) is 0 Å². The molecule has 1 aromatic rings. The summed E-state index contributed by atoms with van der Waals surface area (Å²) in [4.78, 5) is 3.92. The number of aliphatic hydroxyl groups excluding tert-OH is 1. The van der Waals surface area contributed by atoms with Crippen LogP contribution in [0.1, 0.15) is 24.5 Å². The predicted molar refractivity (Wildman–Crippen MR) is 61.0 cm³/mol. The van der Waals surface area contributed by atoms with Crippen LogP contribution in [0, 0.1) is 0 Å². The standard InChI is InChI=1S/C12H18N2O2/c15-12(10-3-5-13-6-4-10)9-14-8-11-2-1-7-16-11/h3-6,11-12,14-15H,1-2,7-9H2. The van der Waals surface area contributed by atoms with E-state index in [2.05, 4.69) is 10.3 Å². The van der Waals surface area contributed by atoms with Crippen LogP contribution in [-0.2, 0) is 4.74 Å². The minimum Gasteiger partial charge on any atom is -0.387 e. The Balaban J connectivity index is 1.69. The van der Waals surface area contributed by atoms with Crippen molar-refractivity contribution >= 4 is 0 Å². The van der Waals surface area contributed by atoms with Gasteiger partial charge < -0.3 is 15.2 Å². The average Bonchev–Trinajstić information content (AvgIpc) is 2.83. The molecule has 4 nitrogen and oxygen atoms in total. The summed E-state index contributed by atoms with van der Waals surface area (Å²) in [6.07, 6.45) is 5.52. The number of hydrogen-bond donors (Lipinski definition) is 2. The molecule has 16 heavy (non-hydrogen) atoms. The molecule has 1 aliphatic rings. The van der Waals surface area contributed by atoms with Crippen molar-refractivity contribution in [3.63, 3.8) is 0 Å². The first kappa shape index (κ1) is 11.5. The van der Waals surface area contributed by atoms with E-state index in [9.17, 15) is 5.11 Å². The first-order chi connectivity index (χ1) is 7.86. The fourth-order valence-electron chi connectivity index (χ4n) is 1.89. The highest BCUT2D eigenvalue weighted by Gasteiger charge is 2.15. The highest BCUT2D eigenvalue weighted by molar-refractivity contribution is 5.13. The van der Waals surface area contributed by atoms with E-state index in [4.69, 9.17) is 4.74 Å². The van der Waals surface area contributed by atoms with E-state index >= 15 is 0 Å². The van der Waals surface area contributed by atoms with Gasteiger partial charge in [0.15, 0.2) is 0 Å². The predicted octanol–water partition coefficient (Wildman–Crippen LogP) is 0.884. The van der Waals surface area contributed by atoms with Gasteiger partial charge in [-0.15, -0.1) is 0 Å². The monoisotopic (exact) mass is 222 g/mol. The van der Waals surface area contributed by atoms with E-state index in [-0.39, 0.29) is 0 Å². The van der Waals surface area contributed by atoms with E-state index in [0.717, 1.165) is 31.6 Å². The Bertz CT molecular complexity index is 299. The van der Waals surface area contributed by atoms with Gasteiger partial charge >= 0.3 is 0 Å². The minimum atomic E-state index is -0.468. The smallest absolute Gasteiger partial charge is 0.0915 e. The molecular formula is C12H18N2O2. The van der Waals surface area contributed by atoms with Gasteiger partial charge in [0.2, 0.25) is 0 Å². The van der Waals surface area contributed by atoms with Crippen LogP contribution in [0.15, 0.2) is 24.5 Å². The van der Waals surface area contributed by atoms with E-state index in [1.54, 1.807) is 12.4 Å². The molecule has 2 heterocycles. The fraction of sp³-hybridized carbons (Fsp3) is 0.583. The molecule has 1 fully saturated rings. The molecule has 0 aliphatic carbocycles. The summed E-state index contributed by atoms with van der Waals surface area (Å²) in [6.45, 7) is 2.26. The van der Waals surface area contributed by atoms with E-state index in [0.29, 0.717) is 12.6 Å². The number of nitrogens with zero attached hydrogens (tertiary/aromatic N) is 1. The molecule has 0 amide bonds. The third kappa shape index (κ3) is 3.27. The molecule has 4 heteroatoms. The van der Waals surface area contributed by atoms with Gasteiger partial charge in [-0.25, -0.2) is 0 Å². The lowest BCUT2D eigenvalue weighted by atomic mass is 10.1. The summed E-state index contributed by atoms with van der Waals surface area (Å²) >= 11 is 0. The second kappa shape index (κ2) is 5.94. The van der Waals surface area contributed by atoms with E-state index in [1.165, 1.54) is 0 Å². The molecule has 0 spiro atoms. The molecule has 0 aromatic carbocycles. The van der Waals surface area contributed by atoms with Gasteiger partial charge in [-0.1, -0.05) is 0 Å². The van der Waals surface area contributed by atoms with Crippen molar-refractivity contribution in [2.75, 3.05) is 19.7 Å². The van der Waals surface area contributed by atoms with Gasteiger partial charge in [0.1, 0.15) is 0 Å². The van der Waals surface area contributed by atoms with Crippen molar-refractivity contribution in [3.05, 3.63) is 30.1 Å². The largest absolute Gasteiger partial charge is 0.387 e. The molecule has 1 aromatic heterocycles. The summed E-state index contributed by atoms with van der Waals surface area (Å²) in [5, 5.41) is 13.1. The van der Waals surface area contributed by atoms with Crippen LogP contribution in [-0.4, -0.2) is 35.9 Å². The van der Waals surface area contributed by atoms with Crippen molar-refractivity contribution in [1.29, 1.82) is 0 Å². The number of rotatable bonds is 5. The van der Waals surface area contributed by atoms with E-state index in [1.807, 2.05) is 12.1 Å². The highest BCUT2D eigenvalue weighted by atomic mass is 16.5. The summed E-state index contributed by atoms with van der Waals surface area (Å²) in [5.74, 6) is 0. The molecule has 2 N–H and O–H groups in total. The Kier molecular flexibility index (Phi) is 4.27. The molecule has 2 unspecified atom stereocenters. The Hall–Kier alpha value is -0.970. The molecule has 2 atom stereocenters. The zero-order valence-electron chi connectivity index (χ0n) is 9.30. The quantitative estimate of drug-likeness (QED) is 0.776. The van der Waals surface area contributed by atoms with Crippen molar-refractivity contribution in [2.24, 2.45) is 0 Å². The SMILES string of the molecule is OC(CNCC1CCCO1)c1ccncc1. The molecule has 0 saturated carbocycles. The zero-order valence-corrected chi connectivity index (χ0v) is 9.30. The van der Waals surface area contributed by atoms with Crippen LogP contribution in [0.2, 0.25) is 0 Å². The number of pyridine rings is 1. The molecular weight excluding hydrogens is 204 g/mol. The summed E-state index contributed by atoms with van der Waals surface area (Å²) < 4.78 is 5.49. The van der Waals surface area contributed by atoms with Crippen molar-refractivity contribution in [2.45, 2.75) is 25.0 Å². The topological polar surface area (TPSA) is 54.4 Å². The number of hydrogen-bond acceptors (Lipinski definition) is 4. The van der Waals surface area contributed by atoms with Crippen molar-refractivity contribution < 1.29 is 9.84 Å². The molecule has 1 aliphatic heterocycles. The lowest BCUT2D eigenvalue weighted by molar-refractivity contribution is 0.103.